The predicted octanol–water partition coefficient (Wildman–Crippen LogP) is 1.23. The van der Waals surface area contributed by atoms with Crippen molar-refractivity contribution < 1.29 is 19.2 Å². The Bertz CT molecular complexity index is 982. The number of carbonyl (C=O) groups is 4. The minimum atomic E-state index is -0.723. The molecule has 9 heteroatoms. The lowest BCUT2D eigenvalue weighted by Gasteiger charge is -2.41. The summed E-state index contributed by atoms with van der Waals surface area (Å²) in [6.45, 7) is 3.73. The molecular formula is C26H37N5O4. The first-order chi connectivity index (χ1) is 16.8. The van der Waals surface area contributed by atoms with Crippen molar-refractivity contribution >= 4 is 23.6 Å². The molecule has 4 rings (SSSR count). The molecule has 2 aliphatic heterocycles. The minimum absolute atomic E-state index is 0.0905. The fraction of sp³-hybridized carbons (Fsp3) is 0.615. The van der Waals surface area contributed by atoms with Crippen LogP contribution in [-0.4, -0.2) is 71.3 Å². The number of nitrogens with one attached hydrogen (secondary N) is 3. The van der Waals surface area contributed by atoms with Crippen LogP contribution in [0, 0.1) is 0 Å². The molecule has 2 saturated heterocycles. The molecule has 1 aromatic rings. The number of nitrogens with zero attached hydrogens (tertiary/aromatic N) is 2. The fourth-order valence-corrected chi connectivity index (χ4v) is 5.68. The molecule has 1 aliphatic carbocycles. The molecule has 35 heavy (non-hydrogen) atoms. The van der Waals surface area contributed by atoms with E-state index in [1.54, 1.807) is 23.8 Å². The van der Waals surface area contributed by atoms with Gasteiger partial charge in [0.2, 0.25) is 23.6 Å². The Morgan fingerprint density at radius 2 is 1.74 bits per heavy atom. The van der Waals surface area contributed by atoms with E-state index >= 15 is 0 Å². The molecule has 3 N–H and O–H groups in total. The van der Waals surface area contributed by atoms with Crippen molar-refractivity contribution in [3.63, 3.8) is 0 Å². The number of rotatable bonds is 5. The summed E-state index contributed by atoms with van der Waals surface area (Å²) >= 11 is 0. The van der Waals surface area contributed by atoms with Gasteiger partial charge in [-0.05, 0) is 70.0 Å². The summed E-state index contributed by atoms with van der Waals surface area (Å²) < 4.78 is 0. The van der Waals surface area contributed by atoms with Crippen LogP contribution in [0.3, 0.4) is 0 Å². The van der Waals surface area contributed by atoms with E-state index in [0.717, 1.165) is 24.8 Å². The van der Waals surface area contributed by atoms with Crippen LogP contribution < -0.4 is 16.0 Å². The molecule has 190 valence electrons. The maximum absolute atomic E-state index is 13.8. The van der Waals surface area contributed by atoms with E-state index in [4.69, 9.17) is 0 Å². The zero-order valence-corrected chi connectivity index (χ0v) is 20.9. The summed E-state index contributed by atoms with van der Waals surface area (Å²) in [5.74, 6) is -0.855. The molecule has 0 bridgehead atoms. The Morgan fingerprint density at radius 3 is 2.49 bits per heavy atom. The van der Waals surface area contributed by atoms with Crippen molar-refractivity contribution in [3.05, 3.63) is 35.4 Å². The highest BCUT2D eigenvalue weighted by Crippen LogP contribution is 2.33. The minimum Gasteiger partial charge on any atom is -0.347 e. The summed E-state index contributed by atoms with van der Waals surface area (Å²) in [6, 6.07) is 6.23. The van der Waals surface area contributed by atoms with Crippen LogP contribution in [0.15, 0.2) is 24.3 Å². The molecule has 2 heterocycles. The largest absolute Gasteiger partial charge is 0.347 e. The van der Waals surface area contributed by atoms with Crippen LogP contribution >= 0.6 is 0 Å². The lowest BCUT2D eigenvalue weighted by Crippen LogP contribution is -2.62. The van der Waals surface area contributed by atoms with Gasteiger partial charge in [-0.1, -0.05) is 24.3 Å². The Hall–Kier alpha value is -2.94. The number of hydrogen-bond acceptors (Lipinski definition) is 5. The highest BCUT2D eigenvalue weighted by atomic mass is 16.2. The van der Waals surface area contributed by atoms with E-state index in [0.29, 0.717) is 32.2 Å². The summed E-state index contributed by atoms with van der Waals surface area (Å²) in [6.07, 6.45) is 4.41. The van der Waals surface area contributed by atoms with Gasteiger partial charge in [-0.2, -0.15) is 0 Å². The van der Waals surface area contributed by atoms with Crippen LogP contribution in [0.1, 0.15) is 69.5 Å². The van der Waals surface area contributed by atoms with Gasteiger partial charge in [-0.25, -0.2) is 0 Å². The van der Waals surface area contributed by atoms with Crippen molar-refractivity contribution in [3.8, 4) is 0 Å². The first kappa shape index (κ1) is 25.2. The van der Waals surface area contributed by atoms with Crippen LogP contribution in [-0.2, 0) is 25.6 Å². The molecule has 3 aliphatic rings. The number of benzene rings is 1. The molecule has 1 aromatic carbocycles. The first-order valence-electron chi connectivity index (χ1n) is 12.8. The lowest BCUT2D eigenvalue weighted by molar-refractivity contribution is -0.153. The van der Waals surface area contributed by atoms with Crippen molar-refractivity contribution in [2.24, 2.45) is 0 Å². The molecule has 0 radical (unpaired) electrons. The molecule has 0 aromatic heterocycles. The van der Waals surface area contributed by atoms with Crippen molar-refractivity contribution in [1.82, 2.24) is 25.8 Å². The van der Waals surface area contributed by atoms with Crippen molar-refractivity contribution in [1.29, 1.82) is 0 Å². The topological polar surface area (TPSA) is 111 Å². The van der Waals surface area contributed by atoms with E-state index in [1.807, 2.05) is 12.1 Å². The molecular weight excluding hydrogens is 446 g/mol. The Balaban J connectivity index is 1.57. The maximum Gasteiger partial charge on any atom is 0.247 e. The normalized spacial score (nSPS) is 27.2. The third-order valence-corrected chi connectivity index (χ3v) is 7.70. The number of hydrogen-bond donors (Lipinski definition) is 3. The van der Waals surface area contributed by atoms with E-state index in [9.17, 15) is 19.2 Å². The number of fused-ring (bicyclic) bond motifs is 2. The summed E-state index contributed by atoms with van der Waals surface area (Å²) in [5, 5.41) is 8.96. The quantitative estimate of drug-likeness (QED) is 0.584. The highest BCUT2D eigenvalue weighted by molar-refractivity contribution is 5.94. The van der Waals surface area contributed by atoms with Crippen LogP contribution in [0.4, 0.5) is 0 Å². The van der Waals surface area contributed by atoms with Gasteiger partial charge >= 0.3 is 0 Å². The standard InChI is InChI=1S/C26H37N5O4/c1-16(27-3)24(33)29-21-12-7-15-30(17(2)32)23-14-13-22(31(23)26(21)35)25(34)28-20-11-6-9-18-8-4-5-10-19(18)20/h4-5,8,10,16,20-23,27H,6-7,9,11-15H2,1-3H3,(H,28,34)(H,29,33)/t16-,20?,21-,22?,23?/m0/s1. The Morgan fingerprint density at radius 1 is 1.00 bits per heavy atom. The van der Waals surface area contributed by atoms with Crippen LogP contribution in [0.2, 0.25) is 0 Å². The molecule has 0 spiro atoms. The number of aryl methyl sites for hydroxylation is 1. The Kier molecular flexibility index (Phi) is 7.74. The average Bonchev–Trinajstić information content (AvgIpc) is 3.28. The summed E-state index contributed by atoms with van der Waals surface area (Å²) in [4.78, 5) is 55.6. The molecule has 4 amide bonds. The van der Waals surface area contributed by atoms with Crippen molar-refractivity contribution in [2.45, 2.75) is 89.1 Å². The van der Waals surface area contributed by atoms with E-state index in [1.165, 1.54) is 12.5 Å². The second-order valence-corrected chi connectivity index (χ2v) is 9.90. The first-order valence-corrected chi connectivity index (χ1v) is 12.8. The van der Waals surface area contributed by atoms with Crippen LogP contribution in [0.5, 0.6) is 0 Å². The van der Waals surface area contributed by atoms with Gasteiger partial charge in [0, 0.05) is 13.5 Å². The fourth-order valence-electron chi connectivity index (χ4n) is 5.68. The number of likely N-dealkylation sites (N-methyl/N-ethyl adjacent to an activating group) is 1. The van der Waals surface area contributed by atoms with Gasteiger partial charge in [-0.15, -0.1) is 0 Å². The van der Waals surface area contributed by atoms with Gasteiger partial charge in [-0.3, -0.25) is 19.2 Å². The molecule has 5 atom stereocenters. The smallest absolute Gasteiger partial charge is 0.247 e. The average molecular weight is 484 g/mol. The predicted molar refractivity (Wildman–Crippen MR) is 131 cm³/mol. The van der Waals surface area contributed by atoms with Crippen molar-refractivity contribution in [2.75, 3.05) is 13.6 Å². The van der Waals surface area contributed by atoms with Crippen LogP contribution in [0.25, 0.3) is 0 Å². The zero-order chi connectivity index (χ0) is 25.1. The zero-order valence-electron chi connectivity index (χ0n) is 20.9. The summed E-state index contributed by atoms with van der Waals surface area (Å²) in [5.41, 5.74) is 2.39. The lowest BCUT2D eigenvalue weighted by atomic mass is 9.87. The number of carbonyl (C=O) groups excluding carboxylic acids is 4. The van der Waals surface area contributed by atoms with Gasteiger partial charge in [0.15, 0.2) is 0 Å². The third-order valence-electron chi connectivity index (χ3n) is 7.70. The van der Waals surface area contributed by atoms with E-state index < -0.39 is 24.3 Å². The molecule has 9 nitrogen and oxygen atoms in total. The SMILES string of the molecule is CN[C@@H](C)C(=O)N[C@H]1CCCN(C(C)=O)C2CCC(C(=O)NC3CCCc4ccccc43)N2C1=O. The Labute approximate surface area is 207 Å². The maximum atomic E-state index is 13.8. The van der Waals surface area contributed by atoms with Gasteiger partial charge in [0.1, 0.15) is 18.2 Å². The van der Waals surface area contributed by atoms with Gasteiger partial charge in [0.25, 0.3) is 0 Å². The van der Waals surface area contributed by atoms with E-state index in [-0.39, 0.29) is 29.7 Å². The van der Waals surface area contributed by atoms with Gasteiger partial charge < -0.3 is 25.8 Å². The second kappa shape index (κ2) is 10.8. The highest BCUT2D eigenvalue weighted by Gasteiger charge is 2.47. The molecule has 0 saturated carbocycles. The molecule has 2 fully saturated rings. The third kappa shape index (κ3) is 5.19. The second-order valence-electron chi connectivity index (χ2n) is 9.90. The monoisotopic (exact) mass is 483 g/mol. The van der Waals surface area contributed by atoms with E-state index in [2.05, 4.69) is 28.1 Å². The molecule has 3 unspecified atom stereocenters. The summed E-state index contributed by atoms with van der Waals surface area (Å²) in [7, 11) is 1.69. The van der Waals surface area contributed by atoms with Gasteiger partial charge in [0.05, 0.1) is 12.1 Å². The number of amides is 4.